The predicted molar refractivity (Wildman–Crippen MR) is 274 cm³/mol. The smallest absolute Gasteiger partial charge is 0.255 e. The molecule has 5 aromatic carbocycles. The Bertz CT molecular complexity index is 3430. The number of carbonyl (C=O) groups is 1. The molecule has 0 radical (unpaired) electrons. The lowest BCUT2D eigenvalue weighted by molar-refractivity contribution is 0.102. The Kier molecular flexibility index (Phi) is 14.9. The molecule has 7 aromatic rings. The van der Waals surface area contributed by atoms with Crippen LogP contribution in [0.15, 0.2) is 125 Å². The van der Waals surface area contributed by atoms with E-state index in [1.54, 1.807) is 31.2 Å². The van der Waals surface area contributed by atoms with Crippen LogP contribution in [0.1, 0.15) is 38.4 Å². The normalized spacial score (nSPS) is 14.7. The first-order valence-electron chi connectivity index (χ1n) is 23.6. The molecule has 2 aliphatic rings. The van der Waals surface area contributed by atoms with E-state index in [0.717, 1.165) is 50.7 Å². The minimum Gasteiger partial charge on any atom is -0.340 e. The third-order valence-corrected chi connectivity index (χ3v) is 16.6. The number of piperazine rings is 2. The molecule has 2 aliphatic heterocycles. The number of hydrogen-bond donors (Lipinski definition) is 3. The first-order chi connectivity index (χ1) is 35.4. The van der Waals surface area contributed by atoms with Crippen LogP contribution in [-0.2, 0) is 32.9 Å². The third kappa shape index (κ3) is 11.6. The zero-order chi connectivity index (χ0) is 52.3. The van der Waals surface area contributed by atoms with Crippen molar-refractivity contribution in [2.45, 2.75) is 43.4 Å². The van der Waals surface area contributed by atoms with Crippen LogP contribution in [0.25, 0.3) is 0 Å². The Balaban J connectivity index is 0.824. The van der Waals surface area contributed by atoms with Gasteiger partial charge in [0.2, 0.25) is 31.9 Å². The van der Waals surface area contributed by atoms with Gasteiger partial charge in [-0.25, -0.2) is 44.4 Å². The van der Waals surface area contributed by atoms with Crippen molar-refractivity contribution < 1.29 is 39.2 Å². The minimum absolute atomic E-state index is 0.0624. The highest BCUT2D eigenvalue weighted by Crippen LogP contribution is 2.28. The Labute approximate surface area is 426 Å². The number of amides is 1. The molecule has 1 amide bonds. The predicted octanol–water partition coefficient (Wildman–Crippen LogP) is 8.29. The molecule has 2 fully saturated rings. The number of halogens is 4. The summed E-state index contributed by atoms with van der Waals surface area (Å²) in [4.78, 5) is 35.4. The first-order valence-corrected chi connectivity index (χ1v) is 26.5. The highest BCUT2D eigenvalue weighted by molar-refractivity contribution is 7.89. The maximum absolute atomic E-state index is 15.1. The molecule has 9 rings (SSSR count). The second kappa shape index (κ2) is 21.5. The van der Waals surface area contributed by atoms with Gasteiger partial charge in [0, 0.05) is 111 Å². The van der Waals surface area contributed by atoms with Gasteiger partial charge in [-0.2, -0.15) is 18.6 Å². The minimum atomic E-state index is -4.46. The zero-order valence-corrected chi connectivity index (χ0v) is 42.1. The zero-order valence-electron chi connectivity index (χ0n) is 40.5. The molecule has 384 valence electrons. The van der Waals surface area contributed by atoms with Crippen molar-refractivity contribution in [3.05, 3.63) is 172 Å². The van der Waals surface area contributed by atoms with E-state index in [9.17, 15) is 34.8 Å². The lowest BCUT2D eigenvalue weighted by Gasteiger charge is -2.34. The fraction of sp³-hybridized carbons (Fsp3) is 0.250. The van der Waals surface area contributed by atoms with E-state index in [0.29, 0.717) is 77.7 Å². The van der Waals surface area contributed by atoms with Crippen molar-refractivity contribution in [3.8, 4) is 0 Å². The van der Waals surface area contributed by atoms with Gasteiger partial charge in [0.25, 0.3) is 5.91 Å². The van der Waals surface area contributed by atoms with Crippen LogP contribution in [0.3, 0.4) is 0 Å². The van der Waals surface area contributed by atoms with Crippen LogP contribution in [0.2, 0.25) is 0 Å². The van der Waals surface area contributed by atoms with Gasteiger partial charge < -0.3 is 25.8 Å². The van der Waals surface area contributed by atoms with Crippen molar-refractivity contribution >= 4 is 66.5 Å². The van der Waals surface area contributed by atoms with Crippen molar-refractivity contribution in [1.82, 2.24) is 28.5 Å². The fourth-order valence-electron chi connectivity index (χ4n) is 8.59. The fourth-order valence-corrected chi connectivity index (χ4v) is 11.7. The van der Waals surface area contributed by atoms with Crippen molar-refractivity contribution in [3.63, 3.8) is 0 Å². The van der Waals surface area contributed by atoms with Crippen molar-refractivity contribution in [2.24, 2.45) is 0 Å². The number of nitrogens with zero attached hydrogens (tertiary/aromatic N) is 8. The van der Waals surface area contributed by atoms with Gasteiger partial charge in [-0.3, -0.25) is 4.79 Å². The highest BCUT2D eigenvalue weighted by atomic mass is 32.2. The lowest BCUT2D eigenvalue weighted by Crippen LogP contribution is -2.49. The number of sulfonamides is 2. The summed E-state index contributed by atoms with van der Waals surface area (Å²) in [7, 11) is -8.13. The lowest BCUT2D eigenvalue weighted by atomic mass is 10.1. The van der Waals surface area contributed by atoms with Gasteiger partial charge in [0.1, 0.15) is 22.3 Å². The summed E-state index contributed by atoms with van der Waals surface area (Å²) >= 11 is 0. The van der Waals surface area contributed by atoms with Gasteiger partial charge in [-0.05, 0) is 93.3 Å². The highest BCUT2D eigenvalue weighted by Gasteiger charge is 2.33. The standard InChI is InChI=1S/C52H51F4N11O5S2/c1-33-8-14-38(15-9-33)59-48-32-40(61-52(63-48)65-22-24-66(25-23-65)73(69,70)45-7-5-4-6-34(45)2)18-12-36-10-16-39(17-11-36)58-47-28-35(3)57-51(62-47)64-20-26-67(27-21-64)74(71,72)46-29-37(13-19-42(46)53)50(68)60-41-30-43(54)49(56)44(55)31-41/h4-11,13-17,19,28-32H,12,18,20-27H2,1-3H3,(H,60,68)(H,57,58,62)(H,59,61,63). The van der Waals surface area contributed by atoms with Gasteiger partial charge in [0.15, 0.2) is 17.5 Å². The molecular formula is C52H51F4N11O5S2. The molecule has 0 saturated carbocycles. The SMILES string of the molecule is Cc1ccc(Nc2cc(CCc3ccc(Nc4cc(C)nc(N5CCN(S(=O)(=O)c6cc(C(=O)Nc7cc(F)c(F)c(F)c7)ccc6F)CC5)n4)cc3)nc(N3CCN(S(=O)(=O)c4ccccc4C)CC3)n2)cc1. The van der Waals surface area contributed by atoms with Gasteiger partial charge in [0.05, 0.1) is 4.90 Å². The summed E-state index contributed by atoms with van der Waals surface area (Å²) in [5, 5.41) is 8.93. The maximum Gasteiger partial charge on any atom is 0.255 e. The molecule has 0 unspecified atom stereocenters. The largest absolute Gasteiger partial charge is 0.340 e. The van der Waals surface area contributed by atoms with Crippen LogP contribution in [0, 0.1) is 44.0 Å². The number of rotatable bonds is 15. The van der Waals surface area contributed by atoms with Gasteiger partial charge in [-0.1, -0.05) is 48.0 Å². The summed E-state index contributed by atoms with van der Waals surface area (Å²) in [6.07, 6.45) is 1.26. The summed E-state index contributed by atoms with van der Waals surface area (Å²) in [6.45, 7) is 7.25. The van der Waals surface area contributed by atoms with Crippen LogP contribution >= 0.6 is 0 Å². The van der Waals surface area contributed by atoms with E-state index in [4.69, 9.17) is 15.0 Å². The molecule has 0 bridgehead atoms. The molecule has 0 aliphatic carbocycles. The monoisotopic (exact) mass is 1050 g/mol. The molecule has 2 saturated heterocycles. The molecule has 22 heteroatoms. The molecule has 0 atom stereocenters. The topological polar surface area (TPSA) is 186 Å². The number of benzene rings is 5. The van der Waals surface area contributed by atoms with Crippen LogP contribution < -0.4 is 25.8 Å². The molecule has 4 heterocycles. The van der Waals surface area contributed by atoms with E-state index < -0.39 is 59.8 Å². The van der Waals surface area contributed by atoms with Crippen LogP contribution in [0.4, 0.5) is 58.2 Å². The molecule has 74 heavy (non-hydrogen) atoms. The quantitative estimate of drug-likeness (QED) is 0.0659. The summed E-state index contributed by atoms with van der Waals surface area (Å²) in [6, 6.07) is 30.4. The number of carbonyl (C=O) groups excluding carboxylic acids is 1. The molecule has 16 nitrogen and oxygen atoms in total. The number of anilines is 7. The Morgan fingerprint density at radius 2 is 1.08 bits per heavy atom. The number of nitrogens with one attached hydrogen (secondary N) is 3. The van der Waals surface area contributed by atoms with E-state index in [-0.39, 0.29) is 44.8 Å². The van der Waals surface area contributed by atoms with Crippen LogP contribution in [-0.4, -0.2) is 104 Å². The second-order valence-electron chi connectivity index (χ2n) is 18.0. The van der Waals surface area contributed by atoms with Gasteiger partial charge >= 0.3 is 0 Å². The van der Waals surface area contributed by atoms with E-state index in [1.807, 2.05) is 84.3 Å². The van der Waals surface area contributed by atoms with E-state index >= 15 is 4.39 Å². The van der Waals surface area contributed by atoms with Gasteiger partial charge in [-0.15, -0.1) is 0 Å². The summed E-state index contributed by atoms with van der Waals surface area (Å²) in [5.41, 5.74) is 5.26. The molecule has 2 aromatic heterocycles. The molecule has 3 N–H and O–H groups in total. The summed E-state index contributed by atoms with van der Waals surface area (Å²) in [5.74, 6) is -4.89. The van der Waals surface area contributed by atoms with E-state index in [2.05, 4.69) is 20.9 Å². The maximum atomic E-state index is 15.1. The molecular weight excluding hydrogens is 999 g/mol. The average molecular weight is 1050 g/mol. The third-order valence-electron chi connectivity index (χ3n) is 12.6. The Morgan fingerprint density at radius 1 is 0.541 bits per heavy atom. The number of hydrogen-bond acceptors (Lipinski definition) is 13. The Morgan fingerprint density at radius 3 is 1.68 bits per heavy atom. The van der Waals surface area contributed by atoms with Crippen molar-refractivity contribution in [1.29, 1.82) is 0 Å². The Hall–Kier alpha value is -7.53. The van der Waals surface area contributed by atoms with Crippen molar-refractivity contribution in [2.75, 3.05) is 78.1 Å². The van der Waals surface area contributed by atoms with E-state index in [1.165, 1.54) is 4.31 Å². The number of aromatic nitrogens is 4. The average Bonchev–Trinajstić information content (AvgIpc) is 3.38. The second-order valence-corrected chi connectivity index (χ2v) is 21.8. The van der Waals surface area contributed by atoms with Crippen LogP contribution in [0.5, 0.6) is 0 Å². The summed E-state index contributed by atoms with van der Waals surface area (Å²) < 4.78 is 113. The number of aryl methyl sites for hydroxylation is 5. The first kappa shape index (κ1) is 51.4. The molecule has 0 spiro atoms.